The van der Waals surface area contributed by atoms with E-state index < -0.39 is 11.7 Å². The Morgan fingerprint density at radius 1 is 1.04 bits per heavy atom. The molecule has 5 nitrogen and oxygen atoms in total. The Bertz CT molecular complexity index is 1040. The Kier molecular flexibility index (Phi) is 4.28. The molecule has 0 aliphatic heterocycles. The van der Waals surface area contributed by atoms with Gasteiger partial charge in [-0.25, -0.2) is 0 Å². The van der Waals surface area contributed by atoms with Crippen molar-refractivity contribution >= 4 is 16.6 Å². The third-order valence-corrected chi connectivity index (χ3v) is 5.30. The number of rotatable bonds is 5. The number of likely N-dealkylation sites (N-methyl/N-ethyl adjacent to an activating group) is 1. The fraction of sp³-hybridized carbons (Fsp3) is 0.300. The first-order chi connectivity index (χ1) is 13.3. The van der Waals surface area contributed by atoms with Gasteiger partial charge in [-0.15, -0.1) is 14.9 Å². The lowest BCUT2D eigenvalue weighted by Gasteiger charge is -2.13. The smallest absolute Gasteiger partial charge is 0.361 e. The Morgan fingerprint density at radius 3 is 2.25 bits per heavy atom. The number of halogens is 3. The van der Waals surface area contributed by atoms with Crippen molar-refractivity contribution < 1.29 is 17.9 Å². The zero-order valence-corrected chi connectivity index (χ0v) is 15.2. The molecular weight excluding hydrogens is 367 g/mol. The van der Waals surface area contributed by atoms with Gasteiger partial charge in [0.05, 0.1) is 12.1 Å². The molecule has 0 unspecified atom stereocenters. The van der Waals surface area contributed by atoms with E-state index in [1.54, 1.807) is 7.05 Å². The minimum atomic E-state index is -4.37. The van der Waals surface area contributed by atoms with E-state index >= 15 is 0 Å². The molecule has 1 aliphatic carbocycles. The van der Waals surface area contributed by atoms with Crippen LogP contribution in [0.2, 0.25) is 0 Å². The number of aromatic nitrogens is 2. The molecule has 3 aromatic rings. The fourth-order valence-corrected chi connectivity index (χ4v) is 3.29. The molecule has 0 spiro atoms. The van der Waals surface area contributed by atoms with Gasteiger partial charge in [0.2, 0.25) is 5.54 Å². The quantitative estimate of drug-likeness (QED) is 0.483. The molecule has 0 atom stereocenters. The summed E-state index contributed by atoms with van der Waals surface area (Å²) in [7, 11) is 1.74. The van der Waals surface area contributed by atoms with Crippen molar-refractivity contribution in [2.75, 3.05) is 18.9 Å². The summed E-state index contributed by atoms with van der Waals surface area (Å²) in [6, 6.07) is 12.5. The Morgan fingerprint density at radius 2 is 1.68 bits per heavy atom. The SMILES string of the molecule is C[N+](=N)C1(CNc2nnc(-c3ccc(C(F)(F)F)cc3)c3ccccc23)CC1. The van der Waals surface area contributed by atoms with E-state index in [4.69, 9.17) is 5.53 Å². The summed E-state index contributed by atoms with van der Waals surface area (Å²) in [5.41, 5.74) is 8.10. The van der Waals surface area contributed by atoms with Gasteiger partial charge in [0, 0.05) is 29.2 Å². The highest BCUT2D eigenvalue weighted by atomic mass is 19.4. The Labute approximate surface area is 159 Å². The largest absolute Gasteiger partial charge is 0.416 e. The molecule has 1 aliphatic rings. The number of nitrogens with zero attached hydrogens (tertiary/aromatic N) is 3. The van der Waals surface area contributed by atoms with E-state index in [9.17, 15) is 13.2 Å². The van der Waals surface area contributed by atoms with E-state index in [0.29, 0.717) is 23.6 Å². The normalized spacial score (nSPS) is 15.4. The standard InChI is InChI=1S/C20H19F3N5/c1-28(24)19(10-11-19)12-25-18-16-5-3-2-4-15(16)17(26-27-18)13-6-8-14(9-7-13)20(21,22)23/h2-9,24H,10-12H2,1H3,(H,25,27)/q+1. The predicted molar refractivity (Wildman–Crippen MR) is 99.3 cm³/mol. The van der Waals surface area contributed by atoms with Crippen LogP contribution in [0.1, 0.15) is 18.4 Å². The summed E-state index contributed by atoms with van der Waals surface area (Å²) in [4.78, 5) is 0. The zero-order chi connectivity index (χ0) is 19.9. The fourth-order valence-electron chi connectivity index (χ4n) is 3.29. The summed E-state index contributed by atoms with van der Waals surface area (Å²) < 4.78 is 39.9. The first kappa shape index (κ1) is 18.3. The molecule has 0 bridgehead atoms. The molecular formula is C20H19F3N5+. The van der Waals surface area contributed by atoms with Crippen molar-refractivity contribution in [3.05, 3.63) is 54.1 Å². The Balaban J connectivity index is 1.69. The van der Waals surface area contributed by atoms with Gasteiger partial charge in [-0.2, -0.15) is 13.2 Å². The van der Waals surface area contributed by atoms with Gasteiger partial charge < -0.3 is 5.32 Å². The molecule has 0 saturated heterocycles. The summed E-state index contributed by atoms with van der Waals surface area (Å²) >= 11 is 0. The molecule has 8 heteroatoms. The average molecular weight is 386 g/mol. The second-order valence-corrected chi connectivity index (χ2v) is 7.15. The van der Waals surface area contributed by atoms with E-state index in [2.05, 4.69) is 15.5 Å². The van der Waals surface area contributed by atoms with Gasteiger partial charge in [-0.1, -0.05) is 41.9 Å². The molecule has 4 rings (SSSR count). The lowest BCUT2D eigenvalue weighted by molar-refractivity contribution is -0.634. The molecule has 2 N–H and O–H groups in total. The summed E-state index contributed by atoms with van der Waals surface area (Å²) in [6.07, 6.45) is -2.46. The maximum atomic E-state index is 12.8. The van der Waals surface area contributed by atoms with Gasteiger partial charge in [0.15, 0.2) is 12.9 Å². The molecule has 1 fully saturated rings. The molecule has 0 amide bonds. The predicted octanol–water partition coefficient (Wildman–Crippen LogP) is 4.93. The van der Waals surface area contributed by atoms with E-state index in [1.165, 1.54) is 16.8 Å². The van der Waals surface area contributed by atoms with Crippen LogP contribution in [0.5, 0.6) is 0 Å². The van der Waals surface area contributed by atoms with Crippen LogP contribution in [0.4, 0.5) is 19.0 Å². The lowest BCUT2D eigenvalue weighted by Crippen LogP contribution is -2.31. The highest BCUT2D eigenvalue weighted by Crippen LogP contribution is 2.39. The number of hydrogen-bond donors (Lipinski definition) is 2. The van der Waals surface area contributed by atoms with Crippen molar-refractivity contribution in [2.45, 2.75) is 24.6 Å². The van der Waals surface area contributed by atoms with Crippen molar-refractivity contribution in [3.8, 4) is 11.3 Å². The number of anilines is 1. The first-order valence-corrected chi connectivity index (χ1v) is 8.92. The monoisotopic (exact) mass is 386 g/mol. The summed E-state index contributed by atoms with van der Waals surface area (Å²) in [5.74, 6) is 0.611. The van der Waals surface area contributed by atoms with Gasteiger partial charge in [0.1, 0.15) is 5.69 Å². The van der Waals surface area contributed by atoms with Gasteiger partial charge in [-0.05, 0) is 12.1 Å². The molecule has 1 heterocycles. The summed E-state index contributed by atoms with van der Waals surface area (Å²) in [6.45, 7) is 0.589. The molecule has 1 saturated carbocycles. The maximum absolute atomic E-state index is 12.8. The number of fused-ring (bicyclic) bond motifs is 1. The molecule has 0 radical (unpaired) electrons. The van der Waals surface area contributed by atoms with Crippen LogP contribution in [-0.4, -0.2) is 34.0 Å². The van der Waals surface area contributed by atoms with Crippen LogP contribution >= 0.6 is 0 Å². The molecule has 2 aromatic carbocycles. The van der Waals surface area contributed by atoms with Crippen LogP contribution in [0.3, 0.4) is 0 Å². The number of benzene rings is 2. The van der Waals surface area contributed by atoms with E-state index in [1.807, 2.05) is 24.3 Å². The average Bonchev–Trinajstić information content (AvgIpc) is 3.47. The first-order valence-electron chi connectivity index (χ1n) is 8.92. The van der Waals surface area contributed by atoms with Crippen molar-refractivity contribution in [2.24, 2.45) is 0 Å². The zero-order valence-electron chi connectivity index (χ0n) is 15.2. The second-order valence-electron chi connectivity index (χ2n) is 7.15. The van der Waals surface area contributed by atoms with Gasteiger partial charge >= 0.3 is 6.18 Å². The van der Waals surface area contributed by atoms with Crippen LogP contribution in [0.25, 0.3) is 22.0 Å². The van der Waals surface area contributed by atoms with Crippen LogP contribution < -0.4 is 5.32 Å². The Hall–Kier alpha value is -3.03. The second kappa shape index (κ2) is 6.54. The maximum Gasteiger partial charge on any atom is 0.416 e. The van der Waals surface area contributed by atoms with Crippen molar-refractivity contribution in [1.29, 1.82) is 5.53 Å². The van der Waals surface area contributed by atoms with Crippen molar-refractivity contribution in [1.82, 2.24) is 10.2 Å². The van der Waals surface area contributed by atoms with Gasteiger partial charge in [0.25, 0.3) is 0 Å². The highest BCUT2D eigenvalue weighted by molar-refractivity contribution is 6.00. The minimum absolute atomic E-state index is 0.172. The van der Waals surface area contributed by atoms with E-state index in [0.717, 1.165) is 35.7 Å². The van der Waals surface area contributed by atoms with Crippen LogP contribution in [-0.2, 0) is 6.18 Å². The van der Waals surface area contributed by atoms with E-state index in [-0.39, 0.29) is 5.54 Å². The molecule has 28 heavy (non-hydrogen) atoms. The highest BCUT2D eigenvalue weighted by Gasteiger charge is 2.53. The number of hydrogen-bond acceptors (Lipinski definition) is 4. The van der Waals surface area contributed by atoms with Gasteiger partial charge in [-0.3, -0.25) is 0 Å². The topological polar surface area (TPSA) is 64.7 Å². The van der Waals surface area contributed by atoms with Crippen LogP contribution in [0.15, 0.2) is 48.5 Å². The number of alkyl halides is 3. The number of nitrogens with one attached hydrogen (secondary N) is 2. The third kappa shape index (κ3) is 3.30. The lowest BCUT2D eigenvalue weighted by atomic mass is 10.0. The van der Waals surface area contributed by atoms with Crippen molar-refractivity contribution in [3.63, 3.8) is 0 Å². The van der Waals surface area contributed by atoms with Crippen LogP contribution in [0, 0.1) is 5.53 Å². The summed E-state index contributed by atoms with van der Waals surface area (Å²) in [5, 5.41) is 13.5. The third-order valence-electron chi connectivity index (χ3n) is 5.30. The molecule has 1 aromatic heterocycles. The molecule has 144 valence electrons. The minimum Gasteiger partial charge on any atom is -0.361 e.